The Kier molecular flexibility index (Phi) is 6.13. The molecule has 10 heteroatoms. The fourth-order valence-corrected chi connectivity index (χ4v) is 4.04. The van der Waals surface area contributed by atoms with Crippen LogP contribution in [0.4, 0.5) is 5.69 Å². The van der Waals surface area contributed by atoms with Crippen molar-refractivity contribution in [2.45, 2.75) is 44.4 Å². The van der Waals surface area contributed by atoms with Gasteiger partial charge in [-0.1, -0.05) is 5.16 Å². The fraction of sp³-hybridized carbons (Fsp3) is 0.455. The van der Waals surface area contributed by atoms with Gasteiger partial charge in [0.15, 0.2) is 5.69 Å². The molecule has 0 unspecified atom stereocenters. The summed E-state index contributed by atoms with van der Waals surface area (Å²) in [5.74, 6) is -0.0823. The number of likely N-dealkylation sites (N-methyl/N-ethyl adjacent to an activating group) is 1. The SMILES string of the molecule is COC(=O)C[C@@H]1CC[C@H]2[C@H](COc3ccc(NC(=O)c4cc(C)on4)cc3C(=O)N2C)O1. The minimum absolute atomic E-state index is 0.151. The third-order valence-corrected chi connectivity index (χ3v) is 5.75. The Labute approximate surface area is 184 Å². The van der Waals surface area contributed by atoms with Gasteiger partial charge in [-0.25, -0.2) is 0 Å². The maximum absolute atomic E-state index is 13.2. The number of hydrogen-bond donors (Lipinski definition) is 1. The highest BCUT2D eigenvalue weighted by Crippen LogP contribution is 2.32. The van der Waals surface area contributed by atoms with Crippen molar-refractivity contribution in [2.75, 3.05) is 26.1 Å². The largest absolute Gasteiger partial charge is 0.490 e. The summed E-state index contributed by atoms with van der Waals surface area (Å²) in [5, 5.41) is 6.42. The van der Waals surface area contributed by atoms with Crippen LogP contribution in [-0.4, -0.2) is 66.9 Å². The monoisotopic (exact) mass is 443 g/mol. The second-order valence-corrected chi connectivity index (χ2v) is 7.94. The van der Waals surface area contributed by atoms with Crippen molar-refractivity contribution >= 4 is 23.5 Å². The minimum Gasteiger partial charge on any atom is -0.490 e. The van der Waals surface area contributed by atoms with Crippen molar-refractivity contribution in [3.8, 4) is 5.75 Å². The van der Waals surface area contributed by atoms with Crippen LogP contribution in [0.2, 0.25) is 0 Å². The molecule has 1 N–H and O–H groups in total. The predicted molar refractivity (Wildman–Crippen MR) is 112 cm³/mol. The molecule has 10 nitrogen and oxygen atoms in total. The van der Waals surface area contributed by atoms with E-state index in [2.05, 4.69) is 10.5 Å². The van der Waals surface area contributed by atoms with E-state index in [1.165, 1.54) is 13.2 Å². The smallest absolute Gasteiger partial charge is 0.308 e. The Morgan fingerprint density at radius 3 is 2.81 bits per heavy atom. The maximum Gasteiger partial charge on any atom is 0.308 e. The van der Waals surface area contributed by atoms with Crippen molar-refractivity contribution in [1.82, 2.24) is 10.1 Å². The molecule has 1 aromatic carbocycles. The number of aryl methyl sites for hydroxylation is 1. The topological polar surface area (TPSA) is 120 Å². The van der Waals surface area contributed by atoms with E-state index in [-0.39, 0.29) is 48.8 Å². The second-order valence-electron chi connectivity index (χ2n) is 7.94. The van der Waals surface area contributed by atoms with E-state index in [0.717, 1.165) is 0 Å². The van der Waals surface area contributed by atoms with Gasteiger partial charge in [0.25, 0.3) is 11.8 Å². The second kappa shape index (κ2) is 8.99. The van der Waals surface area contributed by atoms with Crippen LogP contribution in [0.1, 0.15) is 45.9 Å². The summed E-state index contributed by atoms with van der Waals surface area (Å²) in [6.45, 7) is 1.93. The van der Waals surface area contributed by atoms with Crippen molar-refractivity contribution in [1.29, 1.82) is 0 Å². The highest BCUT2D eigenvalue weighted by Gasteiger charge is 2.39. The van der Waals surface area contributed by atoms with Crippen molar-refractivity contribution in [2.24, 2.45) is 0 Å². The Hall–Kier alpha value is -3.40. The number of hydrogen-bond acceptors (Lipinski definition) is 8. The lowest BCUT2D eigenvalue weighted by Crippen LogP contribution is -2.53. The van der Waals surface area contributed by atoms with Gasteiger partial charge in [-0.05, 0) is 38.0 Å². The van der Waals surface area contributed by atoms with E-state index in [9.17, 15) is 14.4 Å². The Bertz CT molecular complexity index is 1030. The van der Waals surface area contributed by atoms with E-state index < -0.39 is 5.91 Å². The van der Waals surface area contributed by atoms with E-state index >= 15 is 0 Å². The van der Waals surface area contributed by atoms with Gasteiger partial charge in [-0.3, -0.25) is 14.4 Å². The summed E-state index contributed by atoms with van der Waals surface area (Å²) in [4.78, 5) is 38.9. The molecule has 2 amide bonds. The van der Waals surface area contributed by atoms with Gasteiger partial charge in [-0.2, -0.15) is 0 Å². The molecule has 0 spiro atoms. The van der Waals surface area contributed by atoms with Crippen LogP contribution in [0.25, 0.3) is 0 Å². The predicted octanol–water partition coefficient (Wildman–Crippen LogP) is 2.18. The van der Waals surface area contributed by atoms with Crippen LogP contribution in [0.3, 0.4) is 0 Å². The van der Waals surface area contributed by atoms with E-state index in [0.29, 0.717) is 35.6 Å². The zero-order chi connectivity index (χ0) is 22.8. The van der Waals surface area contributed by atoms with Crippen molar-refractivity contribution in [3.63, 3.8) is 0 Å². The molecule has 170 valence electrons. The molecule has 0 aliphatic carbocycles. The lowest BCUT2D eigenvalue weighted by Gasteiger charge is -2.42. The number of benzene rings is 1. The number of carbonyl (C=O) groups is 3. The molecule has 0 saturated carbocycles. The number of carbonyl (C=O) groups excluding carboxylic acids is 3. The number of anilines is 1. The lowest BCUT2D eigenvalue weighted by atomic mass is 9.94. The summed E-state index contributed by atoms with van der Waals surface area (Å²) in [5.41, 5.74) is 0.935. The fourth-order valence-electron chi connectivity index (χ4n) is 4.04. The molecule has 2 aliphatic rings. The van der Waals surface area contributed by atoms with Crippen molar-refractivity contribution in [3.05, 3.63) is 41.3 Å². The summed E-state index contributed by atoms with van der Waals surface area (Å²) in [7, 11) is 3.07. The molecular weight excluding hydrogens is 418 g/mol. The van der Waals surface area contributed by atoms with Crippen LogP contribution >= 0.6 is 0 Å². The highest BCUT2D eigenvalue weighted by atomic mass is 16.6. The van der Waals surface area contributed by atoms with E-state index in [4.69, 9.17) is 18.7 Å². The molecular formula is C22H25N3O7. The van der Waals surface area contributed by atoms with E-state index in [1.807, 2.05) is 0 Å². The highest BCUT2D eigenvalue weighted by molar-refractivity contribution is 6.04. The summed E-state index contributed by atoms with van der Waals surface area (Å²) >= 11 is 0. The van der Waals surface area contributed by atoms with Crippen LogP contribution in [0, 0.1) is 6.92 Å². The van der Waals surface area contributed by atoms with Crippen molar-refractivity contribution < 1.29 is 33.1 Å². The first-order chi connectivity index (χ1) is 15.4. The lowest BCUT2D eigenvalue weighted by molar-refractivity contribution is -0.151. The zero-order valence-electron chi connectivity index (χ0n) is 18.1. The van der Waals surface area contributed by atoms with Gasteiger partial charge < -0.3 is 29.0 Å². The Balaban J connectivity index is 1.51. The van der Waals surface area contributed by atoms with Gasteiger partial charge in [0.2, 0.25) is 0 Å². The van der Waals surface area contributed by atoms with E-state index in [1.54, 1.807) is 37.1 Å². The molecule has 1 aromatic heterocycles. The normalized spacial score (nSPS) is 22.7. The number of nitrogens with zero attached hydrogens (tertiary/aromatic N) is 2. The third-order valence-electron chi connectivity index (χ3n) is 5.75. The number of esters is 1. The first-order valence-corrected chi connectivity index (χ1v) is 10.4. The average molecular weight is 443 g/mol. The number of ether oxygens (including phenoxy) is 3. The number of nitrogens with one attached hydrogen (secondary N) is 1. The van der Waals surface area contributed by atoms with Crippen LogP contribution in [-0.2, 0) is 14.3 Å². The number of amides is 2. The summed E-state index contributed by atoms with van der Waals surface area (Å²) in [6.07, 6.45) is 0.841. The molecule has 1 fully saturated rings. The van der Waals surface area contributed by atoms with Gasteiger partial charge in [0.1, 0.15) is 24.2 Å². The van der Waals surface area contributed by atoms with Gasteiger partial charge >= 0.3 is 5.97 Å². The molecule has 1 saturated heterocycles. The average Bonchev–Trinajstić information content (AvgIpc) is 3.23. The van der Waals surface area contributed by atoms with Crippen LogP contribution < -0.4 is 10.1 Å². The first kappa shape index (κ1) is 21.8. The quantitative estimate of drug-likeness (QED) is 0.714. The summed E-state index contributed by atoms with van der Waals surface area (Å²) in [6, 6.07) is 6.21. The molecule has 4 rings (SSSR count). The third kappa shape index (κ3) is 4.45. The number of aromatic nitrogens is 1. The minimum atomic E-state index is -0.438. The summed E-state index contributed by atoms with van der Waals surface area (Å²) < 4.78 is 21.6. The van der Waals surface area contributed by atoms with Gasteiger partial charge in [0, 0.05) is 18.8 Å². The number of rotatable bonds is 4. The molecule has 0 bridgehead atoms. The first-order valence-electron chi connectivity index (χ1n) is 10.4. The molecule has 3 heterocycles. The maximum atomic E-state index is 13.2. The van der Waals surface area contributed by atoms with Crippen LogP contribution in [0.15, 0.2) is 28.8 Å². The Morgan fingerprint density at radius 2 is 2.09 bits per heavy atom. The van der Waals surface area contributed by atoms with Gasteiger partial charge in [0.05, 0.1) is 31.2 Å². The van der Waals surface area contributed by atoms with Crippen LogP contribution in [0.5, 0.6) is 5.75 Å². The molecule has 32 heavy (non-hydrogen) atoms. The van der Waals surface area contributed by atoms with Gasteiger partial charge in [-0.15, -0.1) is 0 Å². The Morgan fingerprint density at radius 1 is 1.28 bits per heavy atom. The zero-order valence-corrected chi connectivity index (χ0v) is 18.1. The molecule has 2 aromatic rings. The number of fused-ring (bicyclic) bond motifs is 2. The number of methoxy groups -OCH3 is 1. The molecule has 2 aliphatic heterocycles. The molecule has 3 atom stereocenters. The standard InChI is InChI=1S/C22H25N3O7/c1-12-8-16(24-32-12)21(27)23-13-4-7-18-15(9-13)22(28)25(2)17-6-5-14(10-20(26)29-3)31-19(17)11-30-18/h4,7-9,14,17,19H,5-6,10-11H2,1-3H3,(H,23,27)/t14-,17-,19-/m0/s1. The molecule has 0 radical (unpaired) electrons.